The Morgan fingerprint density at radius 2 is 1.95 bits per heavy atom. The van der Waals surface area contributed by atoms with Crippen LogP contribution in [-0.4, -0.2) is 17.8 Å². The Balaban J connectivity index is 2.57. The van der Waals surface area contributed by atoms with Crippen molar-refractivity contribution >= 4 is 21.8 Å². The van der Waals surface area contributed by atoms with E-state index in [9.17, 15) is 4.79 Å². The molecule has 0 aliphatic carbocycles. The number of hydrogen-bond donors (Lipinski definition) is 1. The number of amides is 1. The van der Waals surface area contributed by atoms with Crippen LogP contribution in [0.1, 0.15) is 48.2 Å². The van der Waals surface area contributed by atoms with Gasteiger partial charge in [-0.1, -0.05) is 35.8 Å². The third-order valence-electron chi connectivity index (χ3n) is 3.48. The molecular formula is C16H24BrNO. The number of benzene rings is 1. The molecule has 0 spiro atoms. The summed E-state index contributed by atoms with van der Waals surface area (Å²) in [6.45, 7) is 9.19. The molecule has 0 radical (unpaired) electrons. The number of aryl methyl sites for hydroxylation is 2. The van der Waals surface area contributed by atoms with Crippen molar-refractivity contribution in [3.05, 3.63) is 34.9 Å². The van der Waals surface area contributed by atoms with Gasteiger partial charge in [0.1, 0.15) is 0 Å². The van der Waals surface area contributed by atoms with E-state index in [1.54, 1.807) is 0 Å². The standard InChI is InChI=1S/C16H24BrNO/c1-12-6-7-14(10-13(12)2)15(19)18-11-16(3,4)8-5-9-17/h6-7,10H,5,8-9,11H2,1-4H3,(H,18,19). The van der Waals surface area contributed by atoms with Crippen molar-refractivity contribution < 1.29 is 4.79 Å². The summed E-state index contributed by atoms with van der Waals surface area (Å²) >= 11 is 3.45. The topological polar surface area (TPSA) is 29.1 Å². The van der Waals surface area contributed by atoms with Crippen LogP contribution in [0.25, 0.3) is 0 Å². The maximum Gasteiger partial charge on any atom is 0.251 e. The molecule has 0 aliphatic rings. The van der Waals surface area contributed by atoms with Crippen LogP contribution in [0, 0.1) is 19.3 Å². The molecule has 1 aromatic rings. The van der Waals surface area contributed by atoms with E-state index in [1.807, 2.05) is 25.1 Å². The van der Waals surface area contributed by atoms with Gasteiger partial charge in [-0.15, -0.1) is 0 Å². The van der Waals surface area contributed by atoms with E-state index in [4.69, 9.17) is 0 Å². The average molecular weight is 326 g/mol. The van der Waals surface area contributed by atoms with Gasteiger partial charge in [0.05, 0.1) is 0 Å². The van der Waals surface area contributed by atoms with Crippen molar-refractivity contribution in [3.8, 4) is 0 Å². The molecule has 0 bridgehead atoms. The summed E-state index contributed by atoms with van der Waals surface area (Å²) < 4.78 is 0. The highest BCUT2D eigenvalue weighted by atomic mass is 79.9. The number of rotatable bonds is 6. The SMILES string of the molecule is Cc1ccc(C(=O)NCC(C)(C)CCCBr)cc1C. The average Bonchev–Trinajstić information content (AvgIpc) is 2.37. The van der Waals surface area contributed by atoms with E-state index in [1.165, 1.54) is 5.56 Å². The molecule has 1 aromatic carbocycles. The van der Waals surface area contributed by atoms with E-state index < -0.39 is 0 Å². The van der Waals surface area contributed by atoms with Crippen LogP contribution in [-0.2, 0) is 0 Å². The predicted molar refractivity (Wildman–Crippen MR) is 85.1 cm³/mol. The van der Waals surface area contributed by atoms with Crippen molar-refractivity contribution in [2.45, 2.75) is 40.5 Å². The number of halogens is 1. The fourth-order valence-corrected chi connectivity index (χ4v) is 2.22. The highest BCUT2D eigenvalue weighted by Crippen LogP contribution is 2.21. The number of carbonyl (C=O) groups excluding carboxylic acids is 1. The quantitative estimate of drug-likeness (QED) is 0.779. The van der Waals surface area contributed by atoms with E-state index in [0.29, 0.717) is 6.54 Å². The van der Waals surface area contributed by atoms with Crippen LogP contribution in [0.4, 0.5) is 0 Å². The van der Waals surface area contributed by atoms with Crippen molar-refractivity contribution in [1.82, 2.24) is 5.32 Å². The summed E-state index contributed by atoms with van der Waals surface area (Å²) in [6, 6.07) is 5.85. The van der Waals surface area contributed by atoms with E-state index in [0.717, 1.165) is 29.3 Å². The smallest absolute Gasteiger partial charge is 0.251 e. The Labute approximate surface area is 125 Å². The molecule has 1 N–H and O–H groups in total. The first-order valence-corrected chi connectivity index (χ1v) is 7.89. The lowest BCUT2D eigenvalue weighted by Crippen LogP contribution is -2.34. The Hall–Kier alpha value is -0.830. The molecule has 19 heavy (non-hydrogen) atoms. The summed E-state index contributed by atoms with van der Waals surface area (Å²) in [5.74, 6) is 0.0232. The Kier molecular flexibility index (Phi) is 6.05. The maximum atomic E-state index is 12.1. The van der Waals surface area contributed by atoms with Gasteiger partial charge in [-0.05, 0) is 55.4 Å². The zero-order valence-corrected chi connectivity index (χ0v) is 13.9. The summed E-state index contributed by atoms with van der Waals surface area (Å²) in [7, 11) is 0. The zero-order chi connectivity index (χ0) is 14.5. The minimum absolute atomic E-state index is 0.0232. The fraction of sp³-hybridized carbons (Fsp3) is 0.562. The third kappa shape index (κ3) is 5.35. The lowest BCUT2D eigenvalue weighted by molar-refractivity contribution is 0.0934. The number of nitrogens with one attached hydrogen (secondary N) is 1. The maximum absolute atomic E-state index is 12.1. The number of carbonyl (C=O) groups is 1. The summed E-state index contributed by atoms with van der Waals surface area (Å²) in [4.78, 5) is 12.1. The third-order valence-corrected chi connectivity index (χ3v) is 4.04. The van der Waals surface area contributed by atoms with Crippen LogP contribution >= 0.6 is 15.9 Å². The van der Waals surface area contributed by atoms with Crippen LogP contribution in [0.2, 0.25) is 0 Å². The van der Waals surface area contributed by atoms with Gasteiger partial charge in [0.25, 0.3) is 5.91 Å². The van der Waals surface area contributed by atoms with Gasteiger partial charge in [0.15, 0.2) is 0 Å². The molecule has 0 aromatic heterocycles. The minimum atomic E-state index is 0.0232. The molecule has 0 fully saturated rings. The van der Waals surface area contributed by atoms with Crippen LogP contribution in [0.15, 0.2) is 18.2 Å². The van der Waals surface area contributed by atoms with Gasteiger partial charge in [-0.25, -0.2) is 0 Å². The molecule has 1 rings (SSSR count). The first-order chi connectivity index (χ1) is 8.85. The second-order valence-electron chi connectivity index (χ2n) is 5.94. The summed E-state index contributed by atoms with van der Waals surface area (Å²) in [5.41, 5.74) is 3.27. The lowest BCUT2D eigenvalue weighted by Gasteiger charge is -2.24. The van der Waals surface area contributed by atoms with E-state index in [-0.39, 0.29) is 11.3 Å². The fourth-order valence-electron chi connectivity index (χ4n) is 1.94. The van der Waals surface area contributed by atoms with Crippen LogP contribution < -0.4 is 5.32 Å². The molecule has 0 unspecified atom stereocenters. The molecule has 0 heterocycles. The predicted octanol–water partition coefficient (Wildman–Crippen LogP) is 4.23. The highest BCUT2D eigenvalue weighted by molar-refractivity contribution is 9.09. The van der Waals surface area contributed by atoms with Gasteiger partial charge in [-0.2, -0.15) is 0 Å². The molecule has 3 heteroatoms. The molecule has 0 saturated carbocycles. The van der Waals surface area contributed by atoms with E-state index in [2.05, 4.69) is 42.0 Å². The second kappa shape index (κ2) is 7.09. The van der Waals surface area contributed by atoms with Crippen molar-refractivity contribution in [1.29, 1.82) is 0 Å². The monoisotopic (exact) mass is 325 g/mol. The molecule has 2 nitrogen and oxygen atoms in total. The molecular weight excluding hydrogens is 302 g/mol. The Bertz CT molecular complexity index is 440. The first kappa shape index (κ1) is 16.2. The molecule has 0 aliphatic heterocycles. The van der Waals surface area contributed by atoms with E-state index >= 15 is 0 Å². The van der Waals surface area contributed by atoms with Crippen molar-refractivity contribution in [2.24, 2.45) is 5.41 Å². The van der Waals surface area contributed by atoms with Gasteiger partial charge in [0, 0.05) is 17.4 Å². The molecule has 0 atom stereocenters. The summed E-state index contributed by atoms with van der Waals surface area (Å²) in [6.07, 6.45) is 2.23. The lowest BCUT2D eigenvalue weighted by atomic mass is 9.88. The normalized spacial score (nSPS) is 11.4. The summed E-state index contributed by atoms with van der Waals surface area (Å²) in [5, 5.41) is 4.06. The van der Waals surface area contributed by atoms with Gasteiger partial charge < -0.3 is 5.32 Å². The van der Waals surface area contributed by atoms with Crippen LogP contribution in [0.3, 0.4) is 0 Å². The Morgan fingerprint density at radius 1 is 1.26 bits per heavy atom. The largest absolute Gasteiger partial charge is 0.352 e. The molecule has 0 saturated heterocycles. The van der Waals surface area contributed by atoms with Crippen molar-refractivity contribution in [3.63, 3.8) is 0 Å². The van der Waals surface area contributed by atoms with Crippen molar-refractivity contribution in [2.75, 3.05) is 11.9 Å². The zero-order valence-electron chi connectivity index (χ0n) is 12.3. The molecule has 1 amide bonds. The first-order valence-electron chi connectivity index (χ1n) is 6.77. The number of hydrogen-bond acceptors (Lipinski definition) is 1. The highest BCUT2D eigenvalue weighted by Gasteiger charge is 2.18. The minimum Gasteiger partial charge on any atom is -0.352 e. The van der Waals surface area contributed by atoms with Gasteiger partial charge in [-0.3, -0.25) is 4.79 Å². The van der Waals surface area contributed by atoms with Crippen LogP contribution in [0.5, 0.6) is 0 Å². The molecule has 106 valence electrons. The second-order valence-corrected chi connectivity index (χ2v) is 6.73. The Morgan fingerprint density at radius 3 is 2.53 bits per heavy atom. The van der Waals surface area contributed by atoms with Gasteiger partial charge in [0.2, 0.25) is 0 Å². The van der Waals surface area contributed by atoms with Gasteiger partial charge >= 0.3 is 0 Å². The number of alkyl halides is 1.